The van der Waals surface area contributed by atoms with Crippen LogP contribution in [-0.2, 0) is 11.3 Å². The lowest BCUT2D eigenvalue weighted by Gasteiger charge is -2.08. The Morgan fingerprint density at radius 2 is 2.21 bits per heavy atom. The lowest BCUT2D eigenvalue weighted by atomic mass is 10.0. The number of nitrogens with zero attached hydrogens (tertiary/aromatic N) is 4. The van der Waals surface area contributed by atoms with Crippen molar-refractivity contribution in [3.05, 3.63) is 29.1 Å². The second kappa shape index (κ2) is 5.44. The molecule has 0 bridgehead atoms. The Labute approximate surface area is 110 Å². The highest BCUT2D eigenvalue weighted by atomic mass is 16.5. The third-order valence-corrected chi connectivity index (χ3v) is 3.50. The van der Waals surface area contributed by atoms with Gasteiger partial charge in [-0.1, -0.05) is 0 Å². The van der Waals surface area contributed by atoms with E-state index in [1.165, 1.54) is 6.20 Å². The summed E-state index contributed by atoms with van der Waals surface area (Å²) in [5.74, 6) is 0.643. The second-order valence-electron chi connectivity index (χ2n) is 4.84. The third-order valence-electron chi connectivity index (χ3n) is 3.50. The number of aryl methyl sites for hydroxylation is 1. The summed E-state index contributed by atoms with van der Waals surface area (Å²) in [4.78, 5) is 24.4. The minimum atomic E-state index is -0.110. The van der Waals surface area contributed by atoms with Gasteiger partial charge in [0.1, 0.15) is 6.33 Å². The van der Waals surface area contributed by atoms with Crippen LogP contribution in [0.3, 0.4) is 0 Å². The molecule has 0 aliphatic carbocycles. The van der Waals surface area contributed by atoms with Crippen LogP contribution in [0.15, 0.2) is 23.5 Å². The van der Waals surface area contributed by atoms with Crippen molar-refractivity contribution in [3.8, 4) is 0 Å². The van der Waals surface area contributed by atoms with Crippen LogP contribution >= 0.6 is 0 Å². The topological polar surface area (TPSA) is 69.9 Å². The number of ether oxygens (including phenoxy) is 1. The molecule has 1 saturated heterocycles. The molecule has 0 aromatic carbocycles. The molecule has 3 heterocycles. The van der Waals surface area contributed by atoms with E-state index in [9.17, 15) is 4.79 Å². The van der Waals surface area contributed by atoms with Gasteiger partial charge >= 0.3 is 0 Å². The predicted molar refractivity (Wildman–Crippen MR) is 69.8 cm³/mol. The Balaban J connectivity index is 1.70. The van der Waals surface area contributed by atoms with Crippen molar-refractivity contribution in [2.45, 2.75) is 25.8 Å². The van der Waals surface area contributed by atoms with Crippen molar-refractivity contribution in [2.24, 2.45) is 5.92 Å². The van der Waals surface area contributed by atoms with E-state index >= 15 is 0 Å². The molecule has 0 saturated carbocycles. The molecule has 2 aromatic heterocycles. The largest absolute Gasteiger partial charge is 0.381 e. The molecule has 6 heteroatoms. The number of aromatic nitrogens is 4. The molecule has 19 heavy (non-hydrogen) atoms. The summed E-state index contributed by atoms with van der Waals surface area (Å²) in [7, 11) is 0. The van der Waals surface area contributed by atoms with Crippen LogP contribution in [0, 0.1) is 5.92 Å². The Bertz CT molecular complexity index is 619. The molecule has 3 rings (SSSR count). The Hall–Kier alpha value is -1.82. The van der Waals surface area contributed by atoms with Crippen LogP contribution < -0.4 is 5.56 Å². The maximum Gasteiger partial charge on any atom is 0.281 e. The minimum absolute atomic E-state index is 0.110. The van der Waals surface area contributed by atoms with E-state index in [4.69, 9.17) is 4.74 Å². The van der Waals surface area contributed by atoms with Crippen LogP contribution in [0.5, 0.6) is 0 Å². The smallest absolute Gasteiger partial charge is 0.281 e. The van der Waals surface area contributed by atoms with Gasteiger partial charge in [0.15, 0.2) is 11.2 Å². The summed E-state index contributed by atoms with van der Waals surface area (Å²) in [6.45, 7) is 2.41. The first-order chi connectivity index (χ1) is 9.34. The summed E-state index contributed by atoms with van der Waals surface area (Å²) in [6.07, 6.45) is 7.80. The van der Waals surface area contributed by atoms with Gasteiger partial charge in [-0.2, -0.15) is 0 Å². The van der Waals surface area contributed by atoms with E-state index in [1.54, 1.807) is 17.1 Å². The Kier molecular flexibility index (Phi) is 3.50. The van der Waals surface area contributed by atoms with Crippen LogP contribution in [0.4, 0.5) is 0 Å². The van der Waals surface area contributed by atoms with Gasteiger partial charge in [-0.15, -0.1) is 0 Å². The fraction of sp³-hybridized carbons (Fsp3) is 0.538. The Morgan fingerprint density at radius 1 is 1.32 bits per heavy atom. The fourth-order valence-electron chi connectivity index (χ4n) is 2.41. The number of rotatable bonds is 4. The monoisotopic (exact) mass is 260 g/mol. The van der Waals surface area contributed by atoms with Crippen LogP contribution in [-0.4, -0.2) is 32.7 Å². The van der Waals surface area contributed by atoms with Crippen molar-refractivity contribution in [3.63, 3.8) is 0 Å². The van der Waals surface area contributed by atoms with Crippen molar-refractivity contribution < 1.29 is 4.74 Å². The SMILES string of the molecule is O=c1c2nccnc2ncn1CCC[C@H]1CCOC1. The summed E-state index contributed by atoms with van der Waals surface area (Å²) in [5.41, 5.74) is 0.642. The van der Waals surface area contributed by atoms with Gasteiger partial charge in [0.05, 0.1) is 0 Å². The molecule has 0 spiro atoms. The van der Waals surface area contributed by atoms with Gasteiger partial charge in [-0.25, -0.2) is 15.0 Å². The second-order valence-corrected chi connectivity index (χ2v) is 4.84. The highest BCUT2D eigenvalue weighted by Gasteiger charge is 2.15. The zero-order valence-corrected chi connectivity index (χ0v) is 10.7. The molecule has 0 unspecified atom stereocenters. The van der Waals surface area contributed by atoms with E-state index in [-0.39, 0.29) is 5.56 Å². The van der Waals surface area contributed by atoms with E-state index in [0.717, 1.165) is 32.5 Å². The minimum Gasteiger partial charge on any atom is -0.381 e. The average Bonchev–Trinajstić information content (AvgIpc) is 2.95. The molecule has 0 amide bonds. The van der Waals surface area contributed by atoms with Gasteiger partial charge in [0.2, 0.25) is 0 Å². The number of hydrogen-bond acceptors (Lipinski definition) is 5. The molecule has 1 aliphatic rings. The molecule has 1 aliphatic heterocycles. The molecular formula is C13H16N4O2. The maximum atomic E-state index is 12.2. The molecule has 1 atom stereocenters. The van der Waals surface area contributed by atoms with Crippen molar-refractivity contribution in [1.29, 1.82) is 0 Å². The summed E-state index contributed by atoms with van der Waals surface area (Å²) in [5, 5.41) is 0. The summed E-state index contributed by atoms with van der Waals surface area (Å²) in [6, 6.07) is 0. The summed E-state index contributed by atoms with van der Waals surface area (Å²) >= 11 is 0. The van der Waals surface area contributed by atoms with Gasteiger partial charge in [-0.05, 0) is 25.2 Å². The maximum absolute atomic E-state index is 12.2. The highest BCUT2D eigenvalue weighted by molar-refractivity contribution is 5.66. The van der Waals surface area contributed by atoms with Crippen molar-refractivity contribution in [2.75, 3.05) is 13.2 Å². The van der Waals surface area contributed by atoms with Gasteiger partial charge in [0.25, 0.3) is 5.56 Å². The van der Waals surface area contributed by atoms with Gasteiger partial charge < -0.3 is 4.74 Å². The van der Waals surface area contributed by atoms with E-state index in [1.807, 2.05) is 0 Å². The van der Waals surface area contributed by atoms with Gasteiger partial charge in [-0.3, -0.25) is 9.36 Å². The zero-order chi connectivity index (χ0) is 13.1. The lowest BCUT2D eigenvalue weighted by Crippen LogP contribution is -2.22. The summed E-state index contributed by atoms with van der Waals surface area (Å²) < 4.78 is 6.96. The first kappa shape index (κ1) is 12.2. The standard InChI is InChI=1S/C13H16N4O2/c18-13-11-12(15-5-4-14-11)16-9-17(13)6-1-2-10-3-7-19-8-10/h4-5,9-10H,1-3,6-8H2/t10-/m0/s1. The van der Waals surface area contributed by atoms with Crippen LogP contribution in [0.1, 0.15) is 19.3 Å². The highest BCUT2D eigenvalue weighted by Crippen LogP contribution is 2.18. The quantitative estimate of drug-likeness (QED) is 0.820. The third kappa shape index (κ3) is 2.63. The molecule has 0 N–H and O–H groups in total. The number of fused-ring (bicyclic) bond motifs is 1. The molecular weight excluding hydrogens is 244 g/mol. The fourth-order valence-corrected chi connectivity index (χ4v) is 2.41. The van der Waals surface area contributed by atoms with Crippen molar-refractivity contribution >= 4 is 11.2 Å². The Morgan fingerprint density at radius 3 is 3.05 bits per heavy atom. The number of hydrogen-bond donors (Lipinski definition) is 0. The van der Waals surface area contributed by atoms with Gasteiger partial charge in [0, 0.05) is 32.2 Å². The normalized spacial score (nSPS) is 19.1. The lowest BCUT2D eigenvalue weighted by molar-refractivity contribution is 0.183. The van der Waals surface area contributed by atoms with E-state index < -0.39 is 0 Å². The van der Waals surface area contributed by atoms with Crippen LogP contribution in [0.25, 0.3) is 11.2 Å². The molecule has 1 fully saturated rings. The molecule has 2 aromatic rings. The molecule has 6 nitrogen and oxygen atoms in total. The van der Waals surface area contributed by atoms with E-state index in [2.05, 4.69) is 15.0 Å². The van der Waals surface area contributed by atoms with Crippen LogP contribution in [0.2, 0.25) is 0 Å². The first-order valence-corrected chi connectivity index (χ1v) is 6.58. The average molecular weight is 260 g/mol. The molecule has 100 valence electrons. The first-order valence-electron chi connectivity index (χ1n) is 6.58. The van der Waals surface area contributed by atoms with E-state index in [0.29, 0.717) is 23.6 Å². The predicted octanol–water partition coefficient (Wildman–Crippen LogP) is 1.00. The molecule has 0 radical (unpaired) electrons. The van der Waals surface area contributed by atoms with Crippen molar-refractivity contribution in [1.82, 2.24) is 19.5 Å². The zero-order valence-electron chi connectivity index (χ0n) is 10.7.